The Bertz CT molecular complexity index is 656. The van der Waals surface area contributed by atoms with Crippen molar-refractivity contribution in [3.63, 3.8) is 0 Å². The zero-order valence-corrected chi connectivity index (χ0v) is 8.09. The van der Waals surface area contributed by atoms with Crippen LogP contribution < -0.4 is 11.1 Å². The van der Waals surface area contributed by atoms with Gasteiger partial charge in [-0.05, 0) is 29.8 Å². The molecule has 2 rings (SSSR count). The summed E-state index contributed by atoms with van der Waals surface area (Å²) in [7, 11) is 0. The van der Waals surface area contributed by atoms with Crippen molar-refractivity contribution >= 4 is 27.6 Å². The second-order valence-corrected chi connectivity index (χ2v) is 3.29. The van der Waals surface area contributed by atoms with Crippen LogP contribution in [-0.2, 0) is 0 Å². The summed E-state index contributed by atoms with van der Waals surface area (Å²) in [5, 5.41) is 4.04. The Kier molecular flexibility index (Phi) is 2.17. The molecule has 5 nitrogen and oxygen atoms in total. The normalized spacial score (nSPS) is 10.5. The third-order valence-electron chi connectivity index (χ3n) is 2.03. The molecule has 2 aromatic rings. The quantitative estimate of drug-likeness (QED) is 0.696. The number of benzene rings is 1. The molecule has 1 heterocycles. The van der Waals surface area contributed by atoms with Crippen molar-refractivity contribution in [1.29, 1.82) is 0 Å². The lowest BCUT2D eigenvalue weighted by Crippen LogP contribution is -2.19. The minimum atomic E-state index is -0.670. The van der Waals surface area contributed by atoms with Crippen LogP contribution in [-0.4, -0.2) is 15.4 Å². The minimum Gasteiger partial charge on any atom is -0.276 e. The average molecular weight is 225 g/mol. The Hall–Kier alpha value is -1.88. The first-order chi connectivity index (χ1) is 7.09. The fourth-order valence-corrected chi connectivity index (χ4v) is 1.42. The highest BCUT2D eigenvalue weighted by molar-refractivity contribution is 6.67. The first kappa shape index (κ1) is 9.67. The second-order valence-electron chi connectivity index (χ2n) is 2.94. The number of H-pyrrole nitrogens is 2. The molecule has 0 saturated carbocycles. The van der Waals surface area contributed by atoms with E-state index >= 15 is 0 Å². The lowest BCUT2D eigenvalue weighted by molar-refractivity contribution is 0.108. The number of hydrogen-bond donors (Lipinski definition) is 2. The molecule has 1 aromatic heterocycles. The van der Waals surface area contributed by atoms with E-state index in [1.807, 2.05) is 0 Å². The van der Waals surface area contributed by atoms with Crippen molar-refractivity contribution in [2.24, 2.45) is 0 Å². The first-order valence-corrected chi connectivity index (χ1v) is 4.42. The highest BCUT2D eigenvalue weighted by Crippen LogP contribution is 2.10. The largest absolute Gasteiger partial charge is 0.276 e. The van der Waals surface area contributed by atoms with Gasteiger partial charge in [0, 0.05) is 5.56 Å². The summed E-state index contributed by atoms with van der Waals surface area (Å²) in [6, 6.07) is 4.07. The molecular weight excluding hydrogens is 220 g/mol. The third-order valence-corrected chi connectivity index (χ3v) is 2.24. The van der Waals surface area contributed by atoms with E-state index in [9.17, 15) is 14.4 Å². The summed E-state index contributed by atoms with van der Waals surface area (Å²) >= 11 is 5.26. The number of hydrogen-bond acceptors (Lipinski definition) is 3. The molecule has 0 spiro atoms. The first-order valence-electron chi connectivity index (χ1n) is 4.04. The van der Waals surface area contributed by atoms with Crippen molar-refractivity contribution in [3.8, 4) is 0 Å². The Balaban J connectivity index is 2.94. The summed E-state index contributed by atoms with van der Waals surface area (Å²) in [6.45, 7) is 0. The van der Waals surface area contributed by atoms with Gasteiger partial charge in [-0.2, -0.15) is 0 Å². The second kappa shape index (κ2) is 3.36. The van der Waals surface area contributed by atoms with Crippen LogP contribution in [0.2, 0.25) is 0 Å². The summed E-state index contributed by atoms with van der Waals surface area (Å²) in [6.07, 6.45) is 0. The molecule has 0 atom stereocenters. The summed E-state index contributed by atoms with van der Waals surface area (Å²) < 4.78 is 0. The van der Waals surface area contributed by atoms with Gasteiger partial charge in [0.05, 0.1) is 10.8 Å². The molecular formula is C9H5ClN2O3. The maximum absolute atomic E-state index is 11.3. The number of fused-ring (bicyclic) bond motifs is 1. The fourth-order valence-electron chi connectivity index (χ4n) is 1.30. The molecule has 6 heteroatoms. The molecule has 0 bridgehead atoms. The molecule has 0 aliphatic heterocycles. The van der Waals surface area contributed by atoms with E-state index in [2.05, 4.69) is 10.2 Å². The molecule has 0 amide bonds. The van der Waals surface area contributed by atoms with E-state index in [1.54, 1.807) is 0 Å². The number of rotatable bonds is 1. The molecule has 0 aliphatic carbocycles. The highest BCUT2D eigenvalue weighted by atomic mass is 35.5. The number of aromatic amines is 2. The van der Waals surface area contributed by atoms with Gasteiger partial charge < -0.3 is 0 Å². The van der Waals surface area contributed by atoms with Gasteiger partial charge >= 0.3 is 0 Å². The van der Waals surface area contributed by atoms with E-state index < -0.39 is 16.4 Å². The summed E-state index contributed by atoms with van der Waals surface area (Å²) in [5.74, 6) is 0. The number of nitrogens with one attached hydrogen (secondary N) is 2. The monoisotopic (exact) mass is 224 g/mol. The summed E-state index contributed by atoms with van der Waals surface area (Å²) in [5.41, 5.74) is -0.706. The van der Waals surface area contributed by atoms with Gasteiger partial charge in [0.2, 0.25) is 0 Å². The molecule has 1 aromatic carbocycles. The van der Waals surface area contributed by atoms with E-state index in [-0.39, 0.29) is 16.3 Å². The lowest BCUT2D eigenvalue weighted by Gasteiger charge is -1.97. The van der Waals surface area contributed by atoms with Crippen LogP contribution in [0.4, 0.5) is 0 Å². The van der Waals surface area contributed by atoms with Gasteiger partial charge in [0.1, 0.15) is 0 Å². The Morgan fingerprint density at radius 2 is 1.67 bits per heavy atom. The molecule has 0 unspecified atom stereocenters. The number of halogens is 1. The predicted octanol–water partition coefficient (Wildman–Crippen LogP) is 0.595. The van der Waals surface area contributed by atoms with E-state index in [0.29, 0.717) is 0 Å². The Labute approximate surface area is 87.7 Å². The fraction of sp³-hybridized carbons (Fsp3) is 0. The van der Waals surface area contributed by atoms with Crippen molar-refractivity contribution in [3.05, 3.63) is 44.5 Å². The molecule has 2 N–H and O–H groups in total. The lowest BCUT2D eigenvalue weighted by atomic mass is 10.1. The maximum Gasteiger partial charge on any atom is 0.270 e. The van der Waals surface area contributed by atoms with Crippen molar-refractivity contribution < 1.29 is 4.79 Å². The number of carbonyl (C=O) groups excluding carboxylic acids is 1. The van der Waals surface area contributed by atoms with Gasteiger partial charge in [0.25, 0.3) is 16.4 Å². The van der Waals surface area contributed by atoms with Crippen LogP contribution in [0.15, 0.2) is 27.8 Å². The third kappa shape index (κ3) is 1.57. The van der Waals surface area contributed by atoms with E-state index in [1.165, 1.54) is 18.2 Å². The minimum absolute atomic E-state index is 0.144. The molecule has 0 fully saturated rings. The topological polar surface area (TPSA) is 82.8 Å². The van der Waals surface area contributed by atoms with Crippen LogP contribution >= 0.6 is 11.6 Å². The molecule has 0 saturated heterocycles. The zero-order chi connectivity index (χ0) is 11.0. The standard InChI is InChI=1S/C9H5ClN2O3/c10-7(13)4-1-2-5-6(3-4)9(15)12-11-8(5)14/h1-3H,(H,11,14)(H,12,15). The van der Waals surface area contributed by atoms with Crippen LogP contribution in [0.3, 0.4) is 0 Å². The van der Waals surface area contributed by atoms with Crippen molar-refractivity contribution in [2.45, 2.75) is 0 Å². The van der Waals surface area contributed by atoms with Gasteiger partial charge in [-0.25, -0.2) is 0 Å². The van der Waals surface area contributed by atoms with Crippen LogP contribution in [0.1, 0.15) is 10.4 Å². The number of aromatic nitrogens is 2. The van der Waals surface area contributed by atoms with Crippen LogP contribution in [0.5, 0.6) is 0 Å². The SMILES string of the molecule is O=C(Cl)c1ccc2c(=O)[nH][nH]c(=O)c2c1. The van der Waals surface area contributed by atoms with Crippen LogP contribution in [0.25, 0.3) is 10.8 Å². The van der Waals surface area contributed by atoms with Gasteiger partial charge in [-0.15, -0.1) is 0 Å². The Morgan fingerprint density at radius 3 is 2.27 bits per heavy atom. The van der Waals surface area contributed by atoms with Gasteiger partial charge in [-0.3, -0.25) is 24.6 Å². The van der Waals surface area contributed by atoms with Gasteiger partial charge in [0.15, 0.2) is 0 Å². The Morgan fingerprint density at radius 1 is 1.07 bits per heavy atom. The van der Waals surface area contributed by atoms with Crippen molar-refractivity contribution in [2.75, 3.05) is 0 Å². The van der Waals surface area contributed by atoms with Crippen molar-refractivity contribution in [1.82, 2.24) is 10.2 Å². The van der Waals surface area contributed by atoms with E-state index in [0.717, 1.165) is 0 Å². The van der Waals surface area contributed by atoms with Gasteiger partial charge in [-0.1, -0.05) is 0 Å². The average Bonchev–Trinajstić information content (AvgIpc) is 2.23. The smallest absolute Gasteiger partial charge is 0.270 e. The number of carbonyl (C=O) groups is 1. The molecule has 0 aliphatic rings. The predicted molar refractivity (Wildman–Crippen MR) is 55.4 cm³/mol. The van der Waals surface area contributed by atoms with E-state index in [4.69, 9.17) is 11.6 Å². The zero-order valence-electron chi connectivity index (χ0n) is 7.33. The molecule has 76 valence electrons. The molecule has 15 heavy (non-hydrogen) atoms. The summed E-state index contributed by atoms with van der Waals surface area (Å²) in [4.78, 5) is 33.4. The van der Waals surface area contributed by atoms with Crippen LogP contribution in [0, 0.1) is 0 Å². The molecule has 0 radical (unpaired) electrons. The highest BCUT2D eigenvalue weighted by Gasteiger charge is 2.07. The maximum atomic E-state index is 11.3.